The van der Waals surface area contributed by atoms with Gasteiger partial charge in [0.1, 0.15) is 0 Å². The van der Waals surface area contributed by atoms with Gasteiger partial charge in [0.2, 0.25) is 0 Å². The summed E-state index contributed by atoms with van der Waals surface area (Å²) in [6.07, 6.45) is 4.26. The van der Waals surface area contributed by atoms with Gasteiger partial charge in [-0.15, -0.1) is 7.92 Å². The van der Waals surface area contributed by atoms with E-state index in [2.05, 4.69) is 20.8 Å². The van der Waals surface area contributed by atoms with E-state index in [4.69, 9.17) is 23.2 Å². The van der Waals surface area contributed by atoms with Crippen LogP contribution in [-0.2, 0) is 18.6 Å². The van der Waals surface area contributed by atoms with Gasteiger partial charge in [-0.3, -0.25) is 0 Å². The predicted octanol–water partition coefficient (Wildman–Crippen LogP) is 4.31. The molecule has 0 saturated carbocycles. The molecule has 0 aliphatic carbocycles. The van der Waals surface area contributed by atoms with E-state index in [1.165, 1.54) is 18.5 Å². The van der Waals surface area contributed by atoms with Crippen molar-refractivity contribution in [2.45, 2.75) is 20.8 Å². The minimum atomic E-state index is -1.25. The van der Waals surface area contributed by atoms with Crippen molar-refractivity contribution in [1.29, 1.82) is 0 Å². The van der Waals surface area contributed by atoms with Crippen molar-refractivity contribution in [2.24, 2.45) is 0 Å². The van der Waals surface area contributed by atoms with Crippen molar-refractivity contribution in [3.8, 4) is 0 Å². The molecule has 14 heavy (non-hydrogen) atoms. The van der Waals surface area contributed by atoms with Gasteiger partial charge in [-0.2, -0.15) is 0 Å². The van der Waals surface area contributed by atoms with Crippen LogP contribution in [-0.4, -0.2) is 25.8 Å². The zero-order valence-electron chi connectivity index (χ0n) is 8.46. The van der Waals surface area contributed by atoms with Gasteiger partial charge in [-0.1, -0.05) is 20.8 Å². The fourth-order valence-corrected chi connectivity index (χ4v) is 3.55. The van der Waals surface area contributed by atoms with Crippen molar-refractivity contribution in [3.63, 3.8) is 0 Å². The summed E-state index contributed by atoms with van der Waals surface area (Å²) < 4.78 is -1.22. The number of carbonyl (C=O) groups excluding carboxylic acids is 2. The van der Waals surface area contributed by atoms with Crippen molar-refractivity contribution >= 4 is 38.4 Å². The van der Waals surface area contributed by atoms with E-state index in [-0.39, 0.29) is 0 Å². The molecule has 0 saturated heterocycles. The van der Waals surface area contributed by atoms with Gasteiger partial charge in [0.15, 0.2) is 0 Å². The maximum absolute atomic E-state index is 9.76. The summed E-state index contributed by atoms with van der Waals surface area (Å²) in [5, 5.41) is 0. The third kappa shape index (κ3) is 15.5. The SMILES string of the molecule is CCP(CC)CC.O=[C](Cl)[Pt][C](=O)Cl. The molecule has 0 amide bonds. The molecule has 0 aromatic carbocycles. The first-order chi connectivity index (χ1) is 6.47. The first-order valence-corrected chi connectivity index (χ1v) is 9.10. The Balaban J connectivity index is 0. The molecule has 0 radical (unpaired) electrons. The second kappa shape index (κ2) is 12.1. The first kappa shape index (κ1) is 17.4. The Morgan fingerprint density at radius 2 is 1.29 bits per heavy atom. The molecule has 0 atom stereocenters. The quantitative estimate of drug-likeness (QED) is 0.472. The Morgan fingerprint density at radius 3 is 1.29 bits per heavy atom. The van der Waals surface area contributed by atoms with Crippen LogP contribution in [0.15, 0.2) is 0 Å². The molecular weight excluding hydrogens is 425 g/mol. The Labute approximate surface area is 105 Å². The van der Waals surface area contributed by atoms with Crippen LogP contribution in [0.5, 0.6) is 0 Å². The second-order valence-corrected chi connectivity index (χ2v) is 9.96. The molecule has 0 aromatic rings. The van der Waals surface area contributed by atoms with Gasteiger partial charge < -0.3 is 0 Å². The summed E-state index contributed by atoms with van der Waals surface area (Å²) in [4.78, 5) is 19.5. The van der Waals surface area contributed by atoms with Crippen molar-refractivity contribution in [3.05, 3.63) is 0 Å². The van der Waals surface area contributed by atoms with E-state index in [1.54, 1.807) is 0 Å². The number of hydrogen-bond donors (Lipinski definition) is 0. The van der Waals surface area contributed by atoms with Crippen LogP contribution in [0.25, 0.3) is 0 Å². The zero-order valence-corrected chi connectivity index (χ0v) is 13.1. The molecular formula is C8H15Cl2O2PPt. The van der Waals surface area contributed by atoms with Crippen LogP contribution in [0, 0.1) is 0 Å². The number of hydrogen-bond acceptors (Lipinski definition) is 2. The molecule has 0 aliphatic rings. The second-order valence-electron chi connectivity index (χ2n) is 2.10. The van der Waals surface area contributed by atoms with Crippen LogP contribution < -0.4 is 0 Å². The fourth-order valence-electron chi connectivity index (χ4n) is 0.720. The van der Waals surface area contributed by atoms with E-state index in [9.17, 15) is 9.59 Å². The van der Waals surface area contributed by atoms with Gasteiger partial charge in [0, 0.05) is 0 Å². The molecule has 0 heterocycles. The average molecular weight is 440 g/mol. The van der Waals surface area contributed by atoms with Crippen LogP contribution >= 0.6 is 31.1 Å². The molecule has 2 nitrogen and oxygen atoms in total. The van der Waals surface area contributed by atoms with Crippen molar-refractivity contribution in [1.82, 2.24) is 0 Å². The van der Waals surface area contributed by atoms with Crippen LogP contribution in [0.3, 0.4) is 0 Å². The summed E-state index contributed by atoms with van der Waals surface area (Å²) in [6, 6.07) is 0. The monoisotopic (exact) mass is 439 g/mol. The van der Waals surface area contributed by atoms with Gasteiger partial charge in [-0.25, -0.2) is 0 Å². The van der Waals surface area contributed by atoms with Crippen LogP contribution in [0.1, 0.15) is 20.8 Å². The predicted molar refractivity (Wildman–Crippen MR) is 61.0 cm³/mol. The third-order valence-corrected chi connectivity index (χ3v) is 6.02. The number of halogens is 2. The molecule has 88 valence electrons. The Hall–Kier alpha value is 1.04. The number of carbonyl (C=O) groups is 2. The van der Waals surface area contributed by atoms with E-state index in [0.717, 1.165) is 0 Å². The summed E-state index contributed by atoms with van der Waals surface area (Å²) in [5.74, 6) is 0. The topological polar surface area (TPSA) is 34.1 Å². The van der Waals surface area contributed by atoms with Crippen molar-refractivity contribution < 1.29 is 28.2 Å². The summed E-state index contributed by atoms with van der Waals surface area (Å²) in [7, 11) is 0.446. The van der Waals surface area contributed by atoms with Crippen LogP contribution in [0.2, 0.25) is 0 Å². The van der Waals surface area contributed by atoms with Gasteiger partial charge in [0.25, 0.3) is 0 Å². The standard InChI is InChI=1S/C6H15P.2CClO.Pt/c1-4-7(5-2)6-3;2*2-1-3;/h4-6H2,1-3H3;;;. The molecule has 0 aromatic heterocycles. The molecule has 0 N–H and O–H groups in total. The zero-order chi connectivity index (χ0) is 11.6. The van der Waals surface area contributed by atoms with E-state index in [0.29, 0.717) is 7.92 Å². The van der Waals surface area contributed by atoms with Crippen molar-refractivity contribution in [2.75, 3.05) is 18.5 Å². The summed E-state index contributed by atoms with van der Waals surface area (Å²) in [6.45, 7) is 6.87. The average Bonchev–Trinajstić information content (AvgIpc) is 2.06. The van der Waals surface area contributed by atoms with Gasteiger partial charge >= 0.3 is 58.6 Å². The van der Waals surface area contributed by atoms with Gasteiger partial charge in [0.05, 0.1) is 0 Å². The minimum absolute atomic E-state index is 0.446. The summed E-state index contributed by atoms with van der Waals surface area (Å²) in [5.41, 5.74) is 0. The van der Waals surface area contributed by atoms with E-state index < -0.39 is 25.8 Å². The molecule has 0 unspecified atom stereocenters. The molecule has 0 bridgehead atoms. The summed E-state index contributed by atoms with van der Waals surface area (Å²) >= 11 is 8.31. The molecule has 0 aliphatic heterocycles. The molecule has 0 fully saturated rings. The fraction of sp³-hybridized carbons (Fsp3) is 0.750. The molecule has 6 heteroatoms. The van der Waals surface area contributed by atoms with Crippen LogP contribution in [0.4, 0.5) is 9.59 Å². The molecule has 0 spiro atoms. The first-order valence-electron chi connectivity index (χ1n) is 4.17. The normalized spacial score (nSPS) is 9.57. The third-order valence-electron chi connectivity index (χ3n) is 1.47. The number of rotatable bonds is 5. The Morgan fingerprint density at radius 1 is 1.00 bits per heavy atom. The molecule has 0 rings (SSSR count). The Kier molecular flexibility index (Phi) is 15.1. The Bertz CT molecular complexity index is 157. The van der Waals surface area contributed by atoms with Gasteiger partial charge in [-0.05, 0) is 18.5 Å². The maximum atomic E-state index is 9.76. The van der Waals surface area contributed by atoms with E-state index >= 15 is 0 Å². The van der Waals surface area contributed by atoms with E-state index in [1.807, 2.05) is 0 Å².